The lowest BCUT2D eigenvalue weighted by atomic mass is 10.1. The van der Waals surface area contributed by atoms with Gasteiger partial charge in [-0.15, -0.1) is 11.3 Å². The van der Waals surface area contributed by atoms with Gasteiger partial charge in [0.15, 0.2) is 4.34 Å². The first-order chi connectivity index (χ1) is 14.5. The number of benzene rings is 1. The van der Waals surface area contributed by atoms with E-state index in [-0.39, 0.29) is 0 Å². The summed E-state index contributed by atoms with van der Waals surface area (Å²) in [6.45, 7) is 3.89. The van der Waals surface area contributed by atoms with E-state index in [0.717, 1.165) is 23.5 Å². The summed E-state index contributed by atoms with van der Waals surface area (Å²) in [6, 6.07) is 8.46. The Morgan fingerprint density at radius 3 is 2.45 bits per heavy atom. The van der Waals surface area contributed by atoms with E-state index in [0.29, 0.717) is 28.6 Å². The van der Waals surface area contributed by atoms with Crippen LogP contribution in [0.4, 0.5) is 18.9 Å². The van der Waals surface area contributed by atoms with Gasteiger partial charge in [0.1, 0.15) is 4.75 Å². The molecule has 10 heteroatoms. The molecule has 3 rings (SSSR count). The molecule has 5 nitrogen and oxygen atoms in total. The summed E-state index contributed by atoms with van der Waals surface area (Å²) in [5, 5.41) is 14.3. The molecule has 3 aromatic rings. The Bertz CT molecular complexity index is 1030. The Labute approximate surface area is 185 Å². The number of nitrogens with zero attached hydrogens (tertiary/aromatic N) is 2. The molecule has 0 aliphatic rings. The largest absolute Gasteiger partial charge is 0.480 e. The summed E-state index contributed by atoms with van der Waals surface area (Å²) in [5.74, 6) is -0.886. The number of anilines is 1. The Morgan fingerprint density at radius 1 is 1.16 bits per heavy atom. The molecule has 0 unspecified atom stereocenters. The molecule has 0 spiro atoms. The van der Waals surface area contributed by atoms with Gasteiger partial charge in [-0.2, -0.15) is 13.2 Å². The van der Waals surface area contributed by atoms with E-state index in [4.69, 9.17) is 0 Å². The third-order valence-corrected chi connectivity index (χ3v) is 6.54. The average molecular weight is 468 g/mol. The standard InChI is InChI=1S/C21H20F3N3O2S2/c1-20(2,18(28)29)31-19-27-16(12-30-19)9-10-25-15-7-8-17(26-11-15)13-3-5-14(6-4-13)21(22,23)24/h3-8,11-12,25H,9-10H2,1-2H3,(H,28,29). The van der Waals surface area contributed by atoms with E-state index >= 15 is 0 Å². The van der Waals surface area contributed by atoms with Crippen LogP contribution in [-0.4, -0.2) is 32.3 Å². The molecule has 0 bridgehead atoms. The third-order valence-electron chi connectivity index (χ3n) is 4.37. The van der Waals surface area contributed by atoms with Crippen LogP contribution in [0.25, 0.3) is 11.3 Å². The van der Waals surface area contributed by atoms with Gasteiger partial charge in [-0.05, 0) is 38.1 Å². The van der Waals surface area contributed by atoms with E-state index in [1.54, 1.807) is 26.1 Å². The van der Waals surface area contributed by atoms with Crippen molar-refractivity contribution >= 4 is 34.8 Å². The maximum absolute atomic E-state index is 12.7. The zero-order chi connectivity index (χ0) is 22.6. The highest BCUT2D eigenvalue weighted by Gasteiger charge is 2.30. The van der Waals surface area contributed by atoms with Gasteiger partial charge in [-0.25, -0.2) is 4.98 Å². The first-order valence-corrected chi connectivity index (χ1v) is 11.0. The van der Waals surface area contributed by atoms with Crippen LogP contribution in [0.5, 0.6) is 0 Å². The van der Waals surface area contributed by atoms with Gasteiger partial charge >= 0.3 is 12.1 Å². The topological polar surface area (TPSA) is 75.1 Å². The number of halogens is 3. The smallest absolute Gasteiger partial charge is 0.416 e. The van der Waals surface area contributed by atoms with Crippen molar-refractivity contribution in [1.82, 2.24) is 9.97 Å². The van der Waals surface area contributed by atoms with Crippen LogP contribution in [0.1, 0.15) is 25.1 Å². The lowest BCUT2D eigenvalue weighted by Gasteiger charge is -2.15. The highest BCUT2D eigenvalue weighted by atomic mass is 32.2. The molecule has 0 aliphatic carbocycles. The molecule has 2 aromatic heterocycles. The van der Waals surface area contributed by atoms with Crippen molar-refractivity contribution in [1.29, 1.82) is 0 Å². The fraction of sp³-hybridized carbons (Fsp3) is 0.286. The number of hydrogen-bond donors (Lipinski definition) is 2. The van der Waals surface area contributed by atoms with Crippen LogP contribution in [-0.2, 0) is 17.4 Å². The number of rotatable bonds is 8. The Kier molecular flexibility index (Phi) is 6.90. The number of pyridine rings is 1. The molecule has 0 atom stereocenters. The number of aliphatic carboxylic acids is 1. The minimum absolute atomic E-state index is 0.585. The van der Waals surface area contributed by atoms with Crippen LogP contribution in [0.15, 0.2) is 52.3 Å². The molecular formula is C21H20F3N3O2S2. The highest BCUT2D eigenvalue weighted by Crippen LogP contribution is 2.35. The van der Waals surface area contributed by atoms with Gasteiger partial charge in [0.05, 0.1) is 28.8 Å². The summed E-state index contributed by atoms with van der Waals surface area (Å²) in [5.41, 5.74) is 2.16. The van der Waals surface area contributed by atoms with Crippen molar-refractivity contribution in [2.24, 2.45) is 0 Å². The summed E-state index contributed by atoms with van der Waals surface area (Å²) < 4.78 is 37.8. The Morgan fingerprint density at radius 2 is 1.87 bits per heavy atom. The van der Waals surface area contributed by atoms with Crippen LogP contribution in [0.2, 0.25) is 0 Å². The maximum atomic E-state index is 12.7. The molecule has 31 heavy (non-hydrogen) atoms. The van der Waals surface area contributed by atoms with E-state index in [2.05, 4.69) is 15.3 Å². The lowest BCUT2D eigenvalue weighted by Crippen LogP contribution is -2.26. The van der Waals surface area contributed by atoms with Crippen LogP contribution in [0.3, 0.4) is 0 Å². The molecule has 0 fully saturated rings. The SMILES string of the molecule is CC(C)(Sc1nc(CCNc2ccc(-c3ccc(C(F)(F)F)cc3)nc2)cs1)C(=O)O. The Balaban J connectivity index is 1.53. The van der Waals surface area contributed by atoms with Gasteiger partial charge in [0.25, 0.3) is 0 Å². The van der Waals surface area contributed by atoms with Gasteiger partial charge in [0.2, 0.25) is 0 Å². The van der Waals surface area contributed by atoms with Crippen molar-refractivity contribution in [3.05, 3.63) is 59.2 Å². The fourth-order valence-corrected chi connectivity index (χ4v) is 4.77. The normalized spacial score (nSPS) is 12.0. The predicted molar refractivity (Wildman–Crippen MR) is 117 cm³/mol. The van der Waals surface area contributed by atoms with Crippen LogP contribution < -0.4 is 5.32 Å². The maximum Gasteiger partial charge on any atom is 0.416 e. The zero-order valence-corrected chi connectivity index (χ0v) is 18.4. The minimum Gasteiger partial charge on any atom is -0.480 e. The van der Waals surface area contributed by atoms with Crippen molar-refractivity contribution in [3.8, 4) is 11.3 Å². The second-order valence-corrected chi connectivity index (χ2v) is 9.93. The number of nitrogens with one attached hydrogen (secondary N) is 1. The van der Waals surface area contributed by atoms with Gasteiger partial charge < -0.3 is 10.4 Å². The van der Waals surface area contributed by atoms with E-state index in [1.807, 2.05) is 11.4 Å². The predicted octanol–water partition coefficient (Wildman–Crippen LogP) is 5.83. The first-order valence-electron chi connectivity index (χ1n) is 9.29. The van der Waals surface area contributed by atoms with Gasteiger partial charge in [0, 0.05) is 23.9 Å². The highest BCUT2D eigenvalue weighted by molar-refractivity contribution is 8.02. The molecule has 0 saturated heterocycles. The Hall–Kier alpha value is -2.59. The molecule has 2 N–H and O–H groups in total. The van der Waals surface area contributed by atoms with Crippen molar-refractivity contribution < 1.29 is 23.1 Å². The van der Waals surface area contributed by atoms with Crippen molar-refractivity contribution in [2.45, 2.75) is 35.5 Å². The number of carboxylic acids is 1. The second kappa shape index (κ2) is 9.27. The number of carboxylic acid groups (broad SMARTS) is 1. The average Bonchev–Trinajstić information content (AvgIpc) is 3.14. The number of hydrogen-bond acceptors (Lipinski definition) is 6. The molecule has 164 valence electrons. The molecule has 0 aliphatic heterocycles. The molecule has 0 amide bonds. The quantitative estimate of drug-likeness (QED) is 0.406. The first kappa shape index (κ1) is 23.1. The fourth-order valence-electron chi connectivity index (χ4n) is 2.55. The summed E-state index contributed by atoms with van der Waals surface area (Å²) in [7, 11) is 0. The van der Waals surface area contributed by atoms with E-state index in [9.17, 15) is 23.1 Å². The lowest BCUT2D eigenvalue weighted by molar-refractivity contribution is -0.139. The summed E-state index contributed by atoms with van der Waals surface area (Å²) in [6.07, 6.45) is -2.07. The van der Waals surface area contributed by atoms with Gasteiger partial charge in [-0.1, -0.05) is 23.9 Å². The number of alkyl halides is 3. The molecule has 1 aromatic carbocycles. The number of thiazole rings is 1. The van der Waals surface area contributed by atoms with E-state index < -0.39 is 22.5 Å². The molecular weight excluding hydrogens is 447 g/mol. The molecule has 0 saturated carbocycles. The van der Waals surface area contributed by atoms with Crippen molar-refractivity contribution in [3.63, 3.8) is 0 Å². The minimum atomic E-state index is -4.36. The second-order valence-electron chi connectivity index (χ2n) is 7.21. The van der Waals surface area contributed by atoms with E-state index in [1.165, 1.54) is 35.2 Å². The summed E-state index contributed by atoms with van der Waals surface area (Å²) >= 11 is 2.64. The van der Waals surface area contributed by atoms with Crippen molar-refractivity contribution in [2.75, 3.05) is 11.9 Å². The van der Waals surface area contributed by atoms with Gasteiger partial charge in [-0.3, -0.25) is 9.78 Å². The van der Waals surface area contributed by atoms with Crippen LogP contribution in [0, 0.1) is 0 Å². The monoisotopic (exact) mass is 467 g/mol. The van der Waals surface area contributed by atoms with Crippen LogP contribution >= 0.6 is 23.1 Å². The molecule has 0 radical (unpaired) electrons. The number of thioether (sulfide) groups is 1. The number of aromatic nitrogens is 2. The third kappa shape index (κ3) is 6.20. The molecule has 2 heterocycles. The number of carbonyl (C=O) groups is 1. The summed E-state index contributed by atoms with van der Waals surface area (Å²) in [4.78, 5) is 20.0. The zero-order valence-electron chi connectivity index (χ0n) is 16.7.